The molecule has 1 aromatic heterocycles. The van der Waals surface area contributed by atoms with E-state index in [1.54, 1.807) is 0 Å². The van der Waals surface area contributed by atoms with E-state index in [1.165, 1.54) is 12.1 Å². The zero-order valence-electron chi connectivity index (χ0n) is 11.9. The molecule has 1 unspecified atom stereocenters. The van der Waals surface area contributed by atoms with Crippen LogP contribution in [0.2, 0.25) is 0 Å². The molecule has 0 aliphatic carbocycles. The topological polar surface area (TPSA) is 45.2 Å². The van der Waals surface area contributed by atoms with Crippen LogP contribution in [-0.2, 0) is 0 Å². The Balaban J connectivity index is 2.03. The van der Waals surface area contributed by atoms with Crippen LogP contribution in [0, 0.1) is 5.82 Å². The van der Waals surface area contributed by atoms with Gasteiger partial charge >= 0.3 is 0 Å². The number of hydrogen-bond donors (Lipinski definition) is 1. The van der Waals surface area contributed by atoms with E-state index in [2.05, 4.69) is 17.2 Å². The summed E-state index contributed by atoms with van der Waals surface area (Å²) >= 11 is 0. The number of aromatic nitrogens is 1. The molecule has 1 atom stereocenters. The number of hydrogen-bond acceptors (Lipinski definition) is 3. The van der Waals surface area contributed by atoms with Gasteiger partial charge in [0.15, 0.2) is 0 Å². The molecule has 0 spiro atoms. The van der Waals surface area contributed by atoms with Gasteiger partial charge in [0, 0.05) is 19.1 Å². The minimum Gasteiger partial charge on any atom is -0.336 e. The van der Waals surface area contributed by atoms with Crippen molar-refractivity contribution >= 4 is 5.91 Å². The Morgan fingerprint density at radius 3 is 3.00 bits per heavy atom. The first-order valence-electron chi connectivity index (χ1n) is 7.35. The summed E-state index contributed by atoms with van der Waals surface area (Å²) in [7, 11) is 0. The Hall–Kier alpha value is -1.49. The highest BCUT2D eigenvalue weighted by atomic mass is 19.1. The van der Waals surface area contributed by atoms with Gasteiger partial charge in [-0.25, -0.2) is 9.37 Å². The molecule has 1 saturated heterocycles. The summed E-state index contributed by atoms with van der Waals surface area (Å²) in [4.78, 5) is 18.2. The standard InChI is InChI=1S/C15H22FN3O/c1-2-3-9-19(11-13-5-4-8-17-13)15(20)14-7-6-12(16)10-18-14/h6-7,10,13,17H,2-5,8-9,11H2,1H3. The lowest BCUT2D eigenvalue weighted by Gasteiger charge is -2.25. The summed E-state index contributed by atoms with van der Waals surface area (Å²) in [5, 5.41) is 3.40. The van der Waals surface area contributed by atoms with Crippen LogP contribution in [-0.4, -0.2) is 41.5 Å². The first-order chi connectivity index (χ1) is 9.70. The van der Waals surface area contributed by atoms with E-state index in [9.17, 15) is 9.18 Å². The molecule has 2 heterocycles. The Morgan fingerprint density at radius 2 is 2.40 bits per heavy atom. The second kappa shape index (κ2) is 7.33. The fourth-order valence-electron chi connectivity index (χ4n) is 2.47. The average Bonchev–Trinajstić information content (AvgIpc) is 2.96. The smallest absolute Gasteiger partial charge is 0.272 e. The zero-order valence-corrected chi connectivity index (χ0v) is 11.9. The van der Waals surface area contributed by atoms with E-state index in [1.807, 2.05) is 4.90 Å². The molecule has 2 rings (SSSR count). The van der Waals surface area contributed by atoms with Gasteiger partial charge in [-0.1, -0.05) is 13.3 Å². The Bertz CT molecular complexity index is 429. The SMILES string of the molecule is CCCCN(CC1CCCN1)C(=O)c1ccc(F)cn1. The number of halogens is 1. The normalized spacial score (nSPS) is 18.2. The molecule has 0 bridgehead atoms. The van der Waals surface area contributed by atoms with Crippen molar-refractivity contribution in [1.29, 1.82) is 0 Å². The van der Waals surface area contributed by atoms with Gasteiger partial charge in [-0.2, -0.15) is 0 Å². The van der Waals surface area contributed by atoms with E-state index < -0.39 is 5.82 Å². The molecular weight excluding hydrogens is 257 g/mol. The lowest BCUT2D eigenvalue weighted by atomic mass is 10.2. The number of rotatable bonds is 6. The van der Waals surface area contributed by atoms with Crippen LogP contribution < -0.4 is 5.32 Å². The molecule has 5 heteroatoms. The van der Waals surface area contributed by atoms with Gasteiger partial charge in [0.2, 0.25) is 0 Å². The maximum absolute atomic E-state index is 12.9. The van der Waals surface area contributed by atoms with Crippen LogP contribution in [0.4, 0.5) is 4.39 Å². The highest BCUT2D eigenvalue weighted by molar-refractivity contribution is 5.92. The molecule has 1 aromatic rings. The molecule has 0 saturated carbocycles. The van der Waals surface area contributed by atoms with Gasteiger partial charge in [0.1, 0.15) is 11.5 Å². The van der Waals surface area contributed by atoms with Gasteiger partial charge in [-0.05, 0) is 37.9 Å². The lowest BCUT2D eigenvalue weighted by Crippen LogP contribution is -2.41. The van der Waals surface area contributed by atoms with Crippen molar-refractivity contribution in [1.82, 2.24) is 15.2 Å². The van der Waals surface area contributed by atoms with Gasteiger partial charge in [0.25, 0.3) is 5.91 Å². The highest BCUT2D eigenvalue weighted by Gasteiger charge is 2.22. The summed E-state index contributed by atoms with van der Waals surface area (Å²) in [6.07, 6.45) is 5.37. The Labute approximate surface area is 119 Å². The van der Waals surface area contributed by atoms with Crippen molar-refractivity contribution in [3.63, 3.8) is 0 Å². The summed E-state index contributed by atoms with van der Waals surface area (Å²) in [5.74, 6) is -0.522. The summed E-state index contributed by atoms with van der Waals surface area (Å²) in [5.41, 5.74) is 0.320. The van der Waals surface area contributed by atoms with Crippen molar-refractivity contribution in [2.24, 2.45) is 0 Å². The first kappa shape index (κ1) is 14.9. The molecule has 0 radical (unpaired) electrons. The van der Waals surface area contributed by atoms with Crippen LogP contribution in [0.25, 0.3) is 0 Å². The number of unbranched alkanes of at least 4 members (excludes halogenated alkanes) is 1. The van der Waals surface area contributed by atoms with Crippen LogP contribution in [0.3, 0.4) is 0 Å². The van der Waals surface area contributed by atoms with Crippen molar-refractivity contribution in [3.05, 3.63) is 29.8 Å². The predicted octanol–water partition coefficient (Wildman–Crippen LogP) is 2.21. The van der Waals surface area contributed by atoms with Crippen LogP contribution in [0.15, 0.2) is 18.3 Å². The minimum absolute atomic E-state index is 0.104. The molecule has 1 amide bonds. The molecule has 1 N–H and O–H groups in total. The van der Waals surface area contributed by atoms with Gasteiger partial charge in [-0.15, -0.1) is 0 Å². The molecule has 1 aliphatic rings. The second-order valence-corrected chi connectivity index (χ2v) is 5.26. The van der Waals surface area contributed by atoms with Gasteiger partial charge in [0.05, 0.1) is 6.20 Å². The fourth-order valence-corrected chi connectivity index (χ4v) is 2.47. The average molecular weight is 279 g/mol. The summed E-state index contributed by atoms with van der Waals surface area (Å²) in [6, 6.07) is 3.11. The number of nitrogens with one attached hydrogen (secondary N) is 1. The number of nitrogens with zero attached hydrogens (tertiary/aromatic N) is 2. The molecule has 4 nitrogen and oxygen atoms in total. The van der Waals surface area contributed by atoms with Crippen molar-refractivity contribution in [2.45, 2.75) is 38.6 Å². The molecule has 0 aromatic carbocycles. The quantitative estimate of drug-likeness (QED) is 0.868. The van der Waals surface area contributed by atoms with Crippen LogP contribution in [0.1, 0.15) is 43.1 Å². The van der Waals surface area contributed by atoms with Gasteiger partial charge in [-0.3, -0.25) is 4.79 Å². The molecule has 1 fully saturated rings. The molecule has 110 valence electrons. The number of pyridine rings is 1. The summed E-state index contributed by atoms with van der Waals surface area (Å²) < 4.78 is 12.9. The molecule has 1 aliphatic heterocycles. The van der Waals surface area contributed by atoms with E-state index in [0.717, 1.165) is 45.0 Å². The second-order valence-electron chi connectivity index (χ2n) is 5.26. The van der Waals surface area contributed by atoms with Crippen molar-refractivity contribution in [2.75, 3.05) is 19.6 Å². The maximum Gasteiger partial charge on any atom is 0.272 e. The third-order valence-electron chi connectivity index (χ3n) is 3.62. The van der Waals surface area contributed by atoms with Crippen molar-refractivity contribution in [3.8, 4) is 0 Å². The van der Waals surface area contributed by atoms with Crippen LogP contribution >= 0.6 is 0 Å². The summed E-state index contributed by atoms with van der Waals surface area (Å²) in [6.45, 7) is 4.56. The minimum atomic E-state index is -0.417. The zero-order chi connectivity index (χ0) is 14.4. The molecular formula is C15H22FN3O. The van der Waals surface area contributed by atoms with Crippen molar-refractivity contribution < 1.29 is 9.18 Å². The largest absolute Gasteiger partial charge is 0.336 e. The third-order valence-corrected chi connectivity index (χ3v) is 3.62. The number of carbonyl (C=O) groups excluding carboxylic acids is 1. The van der Waals surface area contributed by atoms with E-state index in [0.29, 0.717) is 18.3 Å². The predicted molar refractivity (Wildman–Crippen MR) is 76.0 cm³/mol. The third kappa shape index (κ3) is 4.00. The monoisotopic (exact) mass is 279 g/mol. The van der Waals surface area contributed by atoms with E-state index in [4.69, 9.17) is 0 Å². The Morgan fingerprint density at radius 1 is 1.55 bits per heavy atom. The number of carbonyl (C=O) groups is 1. The number of amides is 1. The lowest BCUT2D eigenvalue weighted by molar-refractivity contribution is 0.0733. The molecule has 20 heavy (non-hydrogen) atoms. The highest BCUT2D eigenvalue weighted by Crippen LogP contribution is 2.11. The van der Waals surface area contributed by atoms with E-state index >= 15 is 0 Å². The van der Waals surface area contributed by atoms with Gasteiger partial charge < -0.3 is 10.2 Å². The van der Waals surface area contributed by atoms with Crippen LogP contribution in [0.5, 0.6) is 0 Å². The maximum atomic E-state index is 12.9. The fraction of sp³-hybridized carbons (Fsp3) is 0.600. The Kier molecular flexibility index (Phi) is 5.47. The van der Waals surface area contributed by atoms with E-state index in [-0.39, 0.29) is 5.91 Å². The first-order valence-corrected chi connectivity index (χ1v) is 7.35.